The Morgan fingerprint density at radius 2 is 2.21 bits per heavy atom. The summed E-state index contributed by atoms with van der Waals surface area (Å²) in [5.74, 6) is -0.785. The minimum Gasteiger partial charge on any atom is -0.421 e. The second-order valence-electron chi connectivity index (χ2n) is 2.59. The standard InChI is InChI=1S/C7H10FN2O3P/c8-5-1-2-6(10)7(3-5)13-14(11,12)4-9/h1-3H,4,9-10H2,(H,11,12). The highest BCUT2D eigenvalue weighted by molar-refractivity contribution is 7.53. The maximum absolute atomic E-state index is 12.7. The summed E-state index contributed by atoms with van der Waals surface area (Å²) in [6, 6.07) is 3.28. The first-order valence-corrected chi connectivity index (χ1v) is 5.47. The van der Waals surface area contributed by atoms with Crippen molar-refractivity contribution in [3.8, 4) is 5.75 Å². The molecule has 1 aromatic carbocycles. The molecular formula is C7H10FN2O3P. The highest BCUT2D eigenvalue weighted by Gasteiger charge is 2.19. The van der Waals surface area contributed by atoms with Crippen molar-refractivity contribution in [2.75, 3.05) is 12.0 Å². The Labute approximate surface area is 80.0 Å². The number of nitrogen functional groups attached to an aromatic ring is 1. The third-order valence-corrected chi connectivity index (χ3v) is 2.39. The van der Waals surface area contributed by atoms with Gasteiger partial charge in [0.15, 0.2) is 5.75 Å². The molecule has 5 nitrogen and oxygen atoms in total. The van der Waals surface area contributed by atoms with E-state index >= 15 is 0 Å². The molecule has 1 rings (SSSR count). The highest BCUT2D eigenvalue weighted by atomic mass is 31.2. The minimum absolute atomic E-state index is 0.0779. The van der Waals surface area contributed by atoms with Gasteiger partial charge in [-0.1, -0.05) is 0 Å². The van der Waals surface area contributed by atoms with Crippen LogP contribution in [0.25, 0.3) is 0 Å². The quantitative estimate of drug-likeness (QED) is 0.519. The lowest BCUT2D eigenvalue weighted by Gasteiger charge is -2.12. The lowest BCUT2D eigenvalue weighted by Crippen LogP contribution is -2.06. The number of hydrogen-bond acceptors (Lipinski definition) is 4. The fraction of sp³-hybridized carbons (Fsp3) is 0.143. The van der Waals surface area contributed by atoms with Crippen molar-refractivity contribution in [1.82, 2.24) is 0 Å². The number of anilines is 1. The molecule has 1 unspecified atom stereocenters. The van der Waals surface area contributed by atoms with Gasteiger partial charge in [0.05, 0.1) is 5.69 Å². The summed E-state index contributed by atoms with van der Waals surface area (Å²) in [5, 5.41) is 0. The Morgan fingerprint density at radius 3 is 2.79 bits per heavy atom. The van der Waals surface area contributed by atoms with Crippen molar-refractivity contribution in [1.29, 1.82) is 0 Å². The van der Waals surface area contributed by atoms with Crippen LogP contribution in [0.3, 0.4) is 0 Å². The first-order chi connectivity index (χ1) is 6.44. The summed E-state index contributed by atoms with van der Waals surface area (Å²) in [5.41, 5.74) is 10.4. The van der Waals surface area contributed by atoms with Gasteiger partial charge < -0.3 is 20.9 Å². The zero-order valence-corrected chi connectivity index (χ0v) is 8.08. The number of nitrogens with two attached hydrogens (primary N) is 2. The van der Waals surface area contributed by atoms with E-state index in [4.69, 9.17) is 16.4 Å². The maximum atomic E-state index is 12.7. The zero-order chi connectivity index (χ0) is 10.8. The molecule has 0 aliphatic rings. The summed E-state index contributed by atoms with van der Waals surface area (Å²) in [4.78, 5) is 9.02. The molecule has 0 saturated carbocycles. The van der Waals surface area contributed by atoms with E-state index in [1.54, 1.807) is 0 Å². The van der Waals surface area contributed by atoms with Gasteiger partial charge in [0, 0.05) is 6.07 Å². The van der Waals surface area contributed by atoms with E-state index in [0.717, 1.165) is 12.1 Å². The maximum Gasteiger partial charge on any atom is 0.390 e. The molecule has 0 radical (unpaired) electrons. The molecule has 14 heavy (non-hydrogen) atoms. The predicted octanol–water partition coefficient (Wildman–Crippen LogP) is 0.888. The van der Waals surface area contributed by atoms with Gasteiger partial charge in [0.1, 0.15) is 12.1 Å². The number of benzene rings is 1. The molecule has 0 amide bonds. The Balaban J connectivity index is 2.97. The van der Waals surface area contributed by atoms with Crippen molar-refractivity contribution in [2.45, 2.75) is 0 Å². The van der Waals surface area contributed by atoms with E-state index < -0.39 is 19.7 Å². The molecule has 7 heteroatoms. The third kappa shape index (κ3) is 2.70. The average Bonchev–Trinajstić information content (AvgIpc) is 2.11. The lowest BCUT2D eigenvalue weighted by atomic mass is 10.3. The minimum atomic E-state index is -3.91. The summed E-state index contributed by atoms with van der Waals surface area (Å²) in [6.45, 7) is 0. The molecule has 0 bridgehead atoms. The van der Waals surface area contributed by atoms with Crippen LogP contribution in [0.2, 0.25) is 0 Å². The van der Waals surface area contributed by atoms with Gasteiger partial charge in [0.2, 0.25) is 0 Å². The molecule has 5 N–H and O–H groups in total. The fourth-order valence-corrected chi connectivity index (χ4v) is 1.32. The fourth-order valence-electron chi connectivity index (χ4n) is 0.778. The zero-order valence-electron chi connectivity index (χ0n) is 7.18. The van der Waals surface area contributed by atoms with E-state index in [0.29, 0.717) is 0 Å². The molecule has 78 valence electrons. The molecule has 1 atom stereocenters. The number of hydrogen-bond donors (Lipinski definition) is 3. The Bertz CT molecular complexity index is 385. The topological polar surface area (TPSA) is 98.6 Å². The van der Waals surface area contributed by atoms with E-state index in [9.17, 15) is 8.96 Å². The smallest absolute Gasteiger partial charge is 0.390 e. The van der Waals surface area contributed by atoms with Crippen molar-refractivity contribution < 1.29 is 18.4 Å². The molecule has 0 saturated heterocycles. The Hall–Kier alpha value is -1.10. The normalized spacial score (nSPS) is 14.8. The molecular weight excluding hydrogens is 210 g/mol. The summed E-state index contributed by atoms with van der Waals surface area (Å²) < 4.78 is 28.3. The van der Waals surface area contributed by atoms with E-state index in [-0.39, 0.29) is 11.4 Å². The molecule has 0 heterocycles. The number of rotatable bonds is 3. The molecule has 0 spiro atoms. The molecule has 0 fully saturated rings. The summed E-state index contributed by atoms with van der Waals surface area (Å²) in [7, 11) is -3.91. The van der Waals surface area contributed by atoms with Crippen LogP contribution in [0.15, 0.2) is 18.2 Å². The van der Waals surface area contributed by atoms with Crippen LogP contribution in [0.4, 0.5) is 10.1 Å². The van der Waals surface area contributed by atoms with E-state index in [1.807, 2.05) is 0 Å². The van der Waals surface area contributed by atoms with Crippen molar-refractivity contribution in [2.24, 2.45) is 5.73 Å². The van der Waals surface area contributed by atoms with Crippen LogP contribution in [0, 0.1) is 5.82 Å². The summed E-state index contributed by atoms with van der Waals surface area (Å²) >= 11 is 0. The van der Waals surface area contributed by atoms with Crippen LogP contribution in [-0.4, -0.2) is 11.2 Å². The van der Waals surface area contributed by atoms with E-state index in [2.05, 4.69) is 4.52 Å². The van der Waals surface area contributed by atoms with E-state index in [1.165, 1.54) is 6.07 Å². The highest BCUT2D eigenvalue weighted by Crippen LogP contribution is 2.42. The van der Waals surface area contributed by atoms with Gasteiger partial charge in [-0.05, 0) is 12.1 Å². The molecule has 0 aliphatic heterocycles. The first kappa shape index (κ1) is 11.0. The summed E-state index contributed by atoms with van der Waals surface area (Å²) in [6.07, 6.45) is -0.553. The predicted molar refractivity (Wildman–Crippen MR) is 50.3 cm³/mol. The Morgan fingerprint density at radius 1 is 1.57 bits per heavy atom. The Kier molecular flexibility index (Phi) is 3.10. The largest absolute Gasteiger partial charge is 0.421 e. The van der Waals surface area contributed by atoms with Gasteiger partial charge in [-0.15, -0.1) is 0 Å². The van der Waals surface area contributed by atoms with Crippen molar-refractivity contribution in [3.05, 3.63) is 24.0 Å². The van der Waals surface area contributed by atoms with Gasteiger partial charge in [-0.25, -0.2) is 8.96 Å². The second kappa shape index (κ2) is 3.96. The molecule has 0 aliphatic carbocycles. The van der Waals surface area contributed by atoms with Crippen LogP contribution < -0.4 is 16.0 Å². The van der Waals surface area contributed by atoms with Crippen LogP contribution in [0.1, 0.15) is 0 Å². The average molecular weight is 220 g/mol. The SMILES string of the molecule is NCP(=O)(O)Oc1cc(F)ccc1N. The van der Waals surface area contributed by atoms with Crippen molar-refractivity contribution in [3.63, 3.8) is 0 Å². The van der Waals surface area contributed by atoms with Gasteiger partial charge in [-0.3, -0.25) is 0 Å². The van der Waals surface area contributed by atoms with Crippen LogP contribution >= 0.6 is 7.60 Å². The van der Waals surface area contributed by atoms with Crippen LogP contribution in [-0.2, 0) is 4.57 Å². The van der Waals surface area contributed by atoms with Crippen LogP contribution in [0.5, 0.6) is 5.75 Å². The monoisotopic (exact) mass is 220 g/mol. The third-order valence-electron chi connectivity index (χ3n) is 1.45. The second-order valence-corrected chi connectivity index (χ2v) is 4.42. The van der Waals surface area contributed by atoms with Gasteiger partial charge >= 0.3 is 7.60 Å². The molecule has 0 aromatic heterocycles. The lowest BCUT2D eigenvalue weighted by molar-refractivity contribution is 0.380. The molecule has 1 aromatic rings. The first-order valence-electron chi connectivity index (χ1n) is 3.71. The number of halogens is 1. The van der Waals surface area contributed by atoms with Gasteiger partial charge in [-0.2, -0.15) is 0 Å². The van der Waals surface area contributed by atoms with Crippen molar-refractivity contribution >= 4 is 13.3 Å². The van der Waals surface area contributed by atoms with Gasteiger partial charge in [0.25, 0.3) is 0 Å².